The molecule has 0 saturated heterocycles. The molecule has 0 aromatic heterocycles. The Morgan fingerprint density at radius 3 is 2.67 bits per heavy atom. The van der Waals surface area contributed by atoms with Gasteiger partial charge in [0.2, 0.25) is 0 Å². The van der Waals surface area contributed by atoms with Crippen LogP contribution in [0.2, 0.25) is 0 Å². The Bertz CT molecular complexity index is 876. The zero-order chi connectivity index (χ0) is 21.3. The molecule has 1 aliphatic rings. The van der Waals surface area contributed by atoms with Crippen molar-refractivity contribution in [2.24, 2.45) is 5.92 Å². The third-order valence-corrected chi connectivity index (χ3v) is 6.04. The van der Waals surface area contributed by atoms with E-state index in [0.717, 1.165) is 56.7 Å². The first-order valence-electron chi connectivity index (χ1n) is 11.3. The molecule has 0 amide bonds. The molecule has 158 valence electrons. The van der Waals surface area contributed by atoms with Gasteiger partial charge in [-0.1, -0.05) is 50.3 Å². The van der Waals surface area contributed by atoms with E-state index in [1.54, 1.807) is 0 Å². The van der Waals surface area contributed by atoms with Crippen molar-refractivity contribution >= 4 is 11.3 Å². The van der Waals surface area contributed by atoms with Crippen molar-refractivity contribution < 1.29 is 0 Å². The second-order valence-electron chi connectivity index (χ2n) is 8.56. The van der Waals surface area contributed by atoms with Gasteiger partial charge in [0, 0.05) is 25.3 Å². The molecule has 0 spiro atoms. The van der Waals surface area contributed by atoms with E-state index in [-0.39, 0.29) is 0 Å². The van der Waals surface area contributed by atoms with E-state index < -0.39 is 0 Å². The summed E-state index contributed by atoms with van der Waals surface area (Å²) in [6, 6.07) is 19.5. The molecule has 1 unspecified atom stereocenters. The summed E-state index contributed by atoms with van der Waals surface area (Å²) in [4.78, 5) is 4.85. The van der Waals surface area contributed by atoms with Gasteiger partial charge in [-0.15, -0.1) is 0 Å². The maximum atomic E-state index is 9.24. The summed E-state index contributed by atoms with van der Waals surface area (Å²) in [5.41, 5.74) is 6.11. The van der Waals surface area contributed by atoms with Crippen LogP contribution in [0.1, 0.15) is 49.8 Å². The first-order chi connectivity index (χ1) is 14.6. The zero-order valence-corrected chi connectivity index (χ0v) is 18.8. The minimum absolute atomic E-state index is 0.442. The predicted octanol–water partition coefficient (Wildman–Crippen LogP) is 5.76. The number of benzene rings is 2. The summed E-state index contributed by atoms with van der Waals surface area (Å²) in [7, 11) is 2.21. The predicted molar refractivity (Wildman–Crippen MR) is 128 cm³/mol. The van der Waals surface area contributed by atoms with Crippen molar-refractivity contribution in [1.29, 1.82) is 5.26 Å². The van der Waals surface area contributed by atoms with Crippen molar-refractivity contribution in [3.63, 3.8) is 0 Å². The van der Waals surface area contributed by atoms with Crippen LogP contribution >= 0.6 is 0 Å². The molecule has 0 bridgehead atoms. The van der Waals surface area contributed by atoms with Gasteiger partial charge < -0.3 is 9.80 Å². The van der Waals surface area contributed by atoms with E-state index in [1.165, 1.54) is 23.1 Å². The quantitative estimate of drug-likeness (QED) is 0.591. The largest absolute Gasteiger partial charge is 0.371 e. The van der Waals surface area contributed by atoms with Crippen LogP contribution in [0.15, 0.2) is 54.6 Å². The summed E-state index contributed by atoms with van der Waals surface area (Å²) in [5.74, 6) is 0.442. The highest BCUT2D eigenvalue weighted by atomic mass is 15.1. The second kappa shape index (κ2) is 11.0. The van der Waals surface area contributed by atoms with E-state index in [0.29, 0.717) is 5.92 Å². The van der Waals surface area contributed by atoms with Crippen molar-refractivity contribution in [1.82, 2.24) is 4.90 Å². The third kappa shape index (κ3) is 5.97. The Morgan fingerprint density at radius 2 is 1.93 bits per heavy atom. The van der Waals surface area contributed by atoms with E-state index in [1.807, 2.05) is 18.2 Å². The van der Waals surface area contributed by atoms with E-state index in [9.17, 15) is 5.26 Å². The van der Waals surface area contributed by atoms with Crippen LogP contribution in [0.4, 0.5) is 5.69 Å². The Kier molecular flexibility index (Phi) is 8.11. The van der Waals surface area contributed by atoms with Gasteiger partial charge >= 0.3 is 0 Å². The van der Waals surface area contributed by atoms with Gasteiger partial charge in [0.15, 0.2) is 0 Å². The van der Waals surface area contributed by atoms with Crippen molar-refractivity contribution in [3.8, 4) is 6.07 Å². The molecule has 1 atom stereocenters. The van der Waals surface area contributed by atoms with Gasteiger partial charge in [-0.2, -0.15) is 5.26 Å². The Labute approximate surface area is 182 Å². The summed E-state index contributed by atoms with van der Waals surface area (Å²) >= 11 is 0. The molecule has 0 N–H and O–H groups in total. The van der Waals surface area contributed by atoms with E-state index in [4.69, 9.17) is 0 Å². The fourth-order valence-corrected chi connectivity index (χ4v) is 4.35. The van der Waals surface area contributed by atoms with E-state index in [2.05, 4.69) is 73.2 Å². The first-order valence-corrected chi connectivity index (χ1v) is 11.3. The minimum atomic E-state index is 0.442. The zero-order valence-electron chi connectivity index (χ0n) is 18.8. The standard InChI is InChI=1S/C27H35N3/c1-4-16-29(3)18-15-23-11-13-25(14-12-23)27-10-5-6-17-30(21-22(27)2)26-9-7-8-24(19-26)20-28/h7-14,19,22H,4-6,15-18,21H2,1-3H3/b27-10+. The Balaban J connectivity index is 1.69. The van der Waals surface area contributed by atoms with Gasteiger partial charge in [-0.05, 0) is 80.1 Å². The highest BCUT2D eigenvalue weighted by Crippen LogP contribution is 2.29. The average Bonchev–Trinajstić information content (AvgIpc) is 2.76. The molecule has 3 rings (SSSR count). The third-order valence-electron chi connectivity index (χ3n) is 6.04. The smallest absolute Gasteiger partial charge is 0.0992 e. The van der Waals surface area contributed by atoms with Crippen LogP contribution in [0.25, 0.3) is 5.57 Å². The highest BCUT2D eigenvalue weighted by Gasteiger charge is 2.18. The first kappa shape index (κ1) is 22.1. The number of allylic oxidation sites excluding steroid dienone is 1. The lowest BCUT2D eigenvalue weighted by Gasteiger charge is -2.31. The summed E-state index contributed by atoms with van der Waals surface area (Å²) in [5, 5.41) is 9.24. The lowest BCUT2D eigenvalue weighted by molar-refractivity contribution is 0.339. The monoisotopic (exact) mass is 401 g/mol. The molecular weight excluding hydrogens is 366 g/mol. The van der Waals surface area contributed by atoms with Crippen molar-refractivity contribution in [2.45, 2.75) is 39.5 Å². The van der Waals surface area contributed by atoms with Crippen LogP contribution in [0.3, 0.4) is 0 Å². The molecule has 1 aliphatic heterocycles. The Hall–Kier alpha value is -2.57. The van der Waals surface area contributed by atoms with Crippen LogP contribution < -0.4 is 4.90 Å². The maximum Gasteiger partial charge on any atom is 0.0992 e. The van der Waals surface area contributed by atoms with E-state index >= 15 is 0 Å². The van der Waals surface area contributed by atoms with Crippen LogP contribution in [-0.4, -0.2) is 38.1 Å². The Morgan fingerprint density at radius 1 is 1.13 bits per heavy atom. The van der Waals surface area contributed by atoms with Crippen LogP contribution in [-0.2, 0) is 6.42 Å². The number of anilines is 1. The van der Waals surface area contributed by atoms with Crippen molar-refractivity contribution in [2.75, 3.05) is 38.1 Å². The van der Waals surface area contributed by atoms with Gasteiger partial charge in [0.1, 0.15) is 0 Å². The average molecular weight is 402 g/mol. The molecule has 0 aliphatic carbocycles. The molecule has 30 heavy (non-hydrogen) atoms. The SMILES string of the molecule is CCCN(C)CCc1ccc(/C2=C/CCCN(c3cccc(C#N)c3)CC2C)cc1. The highest BCUT2D eigenvalue weighted by molar-refractivity contribution is 5.68. The normalized spacial score (nSPS) is 19.0. The molecule has 2 aromatic rings. The summed E-state index contributed by atoms with van der Waals surface area (Å²) in [6.07, 6.45) is 6.98. The van der Waals surface area contributed by atoms with Gasteiger partial charge in [-0.25, -0.2) is 0 Å². The van der Waals surface area contributed by atoms with Gasteiger partial charge in [-0.3, -0.25) is 0 Å². The molecule has 0 fully saturated rings. The molecule has 3 heteroatoms. The van der Waals surface area contributed by atoms with Crippen LogP contribution in [0.5, 0.6) is 0 Å². The minimum Gasteiger partial charge on any atom is -0.371 e. The number of likely N-dealkylation sites (N-methyl/N-ethyl adjacent to an activating group) is 1. The number of hydrogen-bond acceptors (Lipinski definition) is 3. The number of rotatable bonds is 7. The molecule has 0 saturated carbocycles. The molecule has 0 radical (unpaired) electrons. The lowest BCUT2D eigenvalue weighted by Crippen LogP contribution is -2.31. The maximum absolute atomic E-state index is 9.24. The second-order valence-corrected chi connectivity index (χ2v) is 8.56. The lowest BCUT2D eigenvalue weighted by atomic mass is 9.90. The van der Waals surface area contributed by atoms with Gasteiger partial charge in [0.05, 0.1) is 11.6 Å². The molecule has 1 heterocycles. The number of nitrogens with zero attached hydrogens (tertiary/aromatic N) is 3. The van der Waals surface area contributed by atoms with Gasteiger partial charge in [0.25, 0.3) is 0 Å². The topological polar surface area (TPSA) is 30.3 Å². The molecule has 2 aromatic carbocycles. The van der Waals surface area contributed by atoms with Crippen LogP contribution in [0, 0.1) is 17.2 Å². The number of hydrogen-bond donors (Lipinski definition) is 0. The molecular formula is C27H35N3. The van der Waals surface area contributed by atoms with Crippen molar-refractivity contribution in [3.05, 3.63) is 71.3 Å². The summed E-state index contributed by atoms with van der Waals surface area (Å²) < 4.78 is 0. The fourth-order valence-electron chi connectivity index (χ4n) is 4.35. The fraction of sp³-hybridized carbons (Fsp3) is 0.444. The summed E-state index contributed by atoms with van der Waals surface area (Å²) in [6.45, 7) is 8.85. The molecule has 3 nitrogen and oxygen atoms in total. The number of nitriles is 1.